The van der Waals surface area contributed by atoms with Gasteiger partial charge in [0.15, 0.2) is 9.84 Å². The average Bonchev–Trinajstić information content (AvgIpc) is 3.57. The maximum atomic E-state index is 14.6. The van der Waals surface area contributed by atoms with Crippen molar-refractivity contribution in [2.24, 2.45) is 23.2 Å². The fourth-order valence-corrected chi connectivity index (χ4v) is 9.97. The lowest BCUT2D eigenvalue weighted by molar-refractivity contribution is -0.142. The topological polar surface area (TPSA) is 188 Å². The summed E-state index contributed by atoms with van der Waals surface area (Å²) in [6, 6.07) is 4.66. The van der Waals surface area contributed by atoms with E-state index in [2.05, 4.69) is 27.3 Å². The van der Waals surface area contributed by atoms with Crippen molar-refractivity contribution < 1.29 is 36.0 Å². The Labute approximate surface area is 315 Å². The molecule has 0 radical (unpaired) electrons. The summed E-state index contributed by atoms with van der Waals surface area (Å²) in [5.74, 6) is -2.73. The molecule has 1 heterocycles. The minimum absolute atomic E-state index is 0.0742. The first-order valence-electron chi connectivity index (χ1n) is 18.6. The minimum atomic E-state index is -4.23. The van der Waals surface area contributed by atoms with Gasteiger partial charge >= 0.3 is 6.03 Å². The third kappa shape index (κ3) is 9.44. The Hall–Kier alpha value is -3.46. The van der Waals surface area contributed by atoms with Gasteiger partial charge in [0.2, 0.25) is 11.8 Å². The summed E-state index contributed by atoms with van der Waals surface area (Å²) in [6.45, 7) is 18.3. The first-order valence-corrected chi connectivity index (χ1v) is 21.7. The highest BCUT2D eigenvalue weighted by Gasteiger charge is 2.61. The summed E-state index contributed by atoms with van der Waals surface area (Å²) in [5.41, 5.74) is -3.39. The van der Waals surface area contributed by atoms with Crippen molar-refractivity contribution in [3.05, 3.63) is 43.0 Å². The number of carbonyl (C=O) groups excluding carboxylic acids is 4. The van der Waals surface area contributed by atoms with Gasteiger partial charge < -0.3 is 20.9 Å². The number of hydrogen-bond acceptors (Lipinski definition) is 8. The molecule has 4 rings (SSSR count). The van der Waals surface area contributed by atoms with E-state index in [-0.39, 0.29) is 35.4 Å². The number of hydrogen-bond donors (Lipinski definition) is 4. The van der Waals surface area contributed by atoms with Gasteiger partial charge in [0.05, 0.1) is 20.9 Å². The molecule has 0 aromatic heterocycles. The number of likely N-dealkylation sites (tertiary alicyclic amines) is 1. The van der Waals surface area contributed by atoms with Crippen LogP contribution in [0.3, 0.4) is 0 Å². The quantitative estimate of drug-likeness (QED) is 0.229. The van der Waals surface area contributed by atoms with Crippen LogP contribution in [-0.2, 0) is 34.2 Å². The van der Waals surface area contributed by atoms with Gasteiger partial charge in [0.1, 0.15) is 17.6 Å². The number of rotatable bonds is 12. The third-order valence-corrected chi connectivity index (χ3v) is 15.3. The standard InChI is InChI=1S/C38H59N5O8S2/c1-10-27-22-38(27,33(46)42-53(50,51)28-17-13-11-14-18-28)40-31(44)29-21-26(25(2)3)23-43(29)32(45)30(35(4,5)6)39-34(47)41-37(19-15-12-16-20-37)24-52(48,49)36(7,8)9/h10-11,13-14,17-18,25-27,29-30H,1,12,15-16,19-24H2,2-9H3,(H,40,44)(H,42,46)(H2,39,41,47)/t26?,27?,29-,30+,38+/m0/s1. The van der Waals surface area contributed by atoms with E-state index < -0.39 is 82.9 Å². The molecule has 5 atom stereocenters. The molecule has 1 saturated heterocycles. The van der Waals surface area contributed by atoms with Crippen molar-refractivity contribution in [1.82, 2.24) is 25.6 Å². The zero-order valence-corrected chi connectivity index (χ0v) is 34.1. The van der Waals surface area contributed by atoms with Gasteiger partial charge in [-0.05, 0) is 75.8 Å². The van der Waals surface area contributed by atoms with Gasteiger partial charge in [-0.15, -0.1) is 6.58 Å². The van der Waals surface area contributed by atoms with Gasteiger partial charge in [-0.2, -0.15) is 0 Å². The first-order chi connectivity index (χ1) is 24.4. The Morgan fingerprint density at radius 2 is 1.55 bits per heavy atom. The van der Waals surface area contributed by atoms with Gasteiger partial charge in [-0.1, -0.05) is 78.2 Å². The van der Waals surface area contributed by atoms with E-state index >= 15 is 0 Å². The summed E-state index contributed by atoms with van der Waals surface area (Å²) in [5, 5.41) is 8.64. The van der Waals surface area contributed by atoms with Crippen molar-refractivity contribution in [2.45, 2.75) is 133 Å². The smallest absolute Gasteiger partial charge is 0.315 e. The number of nitrogens with one attached hydrogen (secondary N) is 4. The van der Waals surface area contributed by atoms with Crippen molar-refractivity contribution in [3.8, 4) is 0 Å². The summed E-state index contributed by atoms with van der Waals surface area (Å²) in [6.07, 6.45) is 5.34. The van der Waals surface area contributed by atoms with Gasteiger partial charge in [-0.3, -0.25) is 14.4 Å². The molecule has 2 aliphatic carbocycles. The second kappa shape index (κ2) is 15.3. The molecule has 2 unspecified atom stereocenters. The molecule has 3 fully saturated rings. The zero-order valence-electron chi connectivity index (χ0n) is 32.5. The van der Waals surface area contributed by atoms with E-state index in [4.69, 9.17) is 0 Å². The fourth-order valence-electron chi connectivity index (χ4n) is 7.39. The molecule has 1 aliphatic heterocycles. The predicted molar refractivity (Wildman–Crippen MR) is 204 cm³/mol. The fraction of sp³-hybridized carbons (Fsp3) is 0.684. The molecule has 296 valence electrons. The van der Waals surface area contributed by atoms with Gasteiger partial charge in [0.25, 0.3) is 15.9 Å². The largest absolute Gasteiger partial charge is 0.339 e. The van der Waals surface area contributed by atoms with Gasteiger partial charge in [-0.25, -0.2) is 26.4 Å². The molecule has 5 amide bonds. The minimum Gasteiger partial charge on any atom is -0.339 e. The molecule has 3 aliphatic rings. The van der Waals surface area contributed by atoms with Crippen LogP contribution in [0.25, 0.3) is 0 Å². The Morgan fingerprint density at radius 3 is 2.06 bits per heavy atom. The Bertz CT molecular complexity index is 1780. The second-order valence-electron chi connectivity index (χ2n) is 17.6. The molecule has 53 heavy (non-hydrogen) atoms. The zero-order chi connectivity index (χ0) is 39.8. The summed E-state index contributed by atoms with van der Waals surface area (Å²) in [7, 11) is -7.83. The molecule has 1 aromatic carbocycles. The van der Waals surface area contributed by atoms with E-state index in [1.807, 2.05) is 13.8 Å². The Morgan fingerprint density at radius 1 is 0.943 bits per heavy atom. The van der Waals surface area contributed by atoms with E-state index in [1.54, 1.807) is 47.6 Å². The van der Waals surface area contributed by atoms with Crippen LogP contribution in [0.15, 0.2) is 47.9 Å². The van der Waals surface area contributed by atoms with Crippen molar-refractivity contribution in [1.29, 1.82) is 0 Å². The molecular weight excluding hydrogens is 719 g/mol. The van der Waals surface area contributed by atoms with E-state index in [9.17, 15) is 36.0 Å². The number of benzene rings is 1. The molecule has 13 nitrogen and oxygen atoms in total. The van der Waals surface area contributed by atoms with E-state index in [0.717, 1.165) is 19.3 Å². The third-order valence-electron chi connectivity index (χ3n) is 11.2. The summed E-state index contributed by atoms with van der Waals surface area (Å²) in [4.78, 5) is 57.5. The van der Waals surface area contributed by atoms with E-state index in [1.165, 1.54) is 35.2 Å². The highest BCUT2D eigenvalue weighted by molar-refractivity contribution is 7.92. The lowest BCUT2D eigenvalue weighted by atomic mass is 9.83. The highest BCUT2D eigenvalue weighted by Crippen LogP contribution is 2.45. The molecule has 1 aromatic rings. The number of urea groups is 1. The number of sulfone groups is 1. The Balaban J connectivity index is 1.57. The first kappa shape index (κ1) is 42.3. The van der Waals surface area contributed by atoms with Crippen LogP contribution in [0.1, 0.15) is 100 Å². The SMILES string of the molecule is C=CC1C[C@]1(NC(=O)[C@@H]1CC(C(C)C)CN1C(=O)[C@@H](NC(=O)NC1(CS(=O)(=O)C(C)(C)C)CCCCC1)C(C)(C)C)C(=O)NS(=O)(=O)c1ccccc1. The van der Waals surface area contributed by atoms with Crippen molar-refractivity contribution >= 4 is 43.6 Å². The summed E-state index contributed by atoms with van der Waals surface area (Å²) >= 11 is 0. The molecule has 0 spiro atoms. The maximum absolute atomic E-state index is 14.6. The van der Waals surface area contributed by atoms with Crippen LogP contribution in [-0.4, -0.2) is 85.7 Å². The highest BCUT2D eigenvalue weighted by atomic mass is 32.2. The van der Waals surface area contributed by atoms with Gasteiger partial charge in [0, 0.05) is 12.5 Å². The van der Waals surface area contributed by atoms with Crippen LogP contribution in [0, 0.1) is 23.2 Å². The molecule has 0 bridgehead atoms. The predicted octanol–water partition coefficient (Wildman–Crippen LogP) is 4.06. The second-order valence-corrected chi connectivity index (χ2v) is 22.0. The lowest BCUT2D eigenvalue weighted by Gasteiger charge is -2.41. The molecular formula is C38H59N5O8S2. The molecule has 15 heteroatoms. The van der Waals surface area contributed by atoms with Crippen LogP contribution in [0.4, 0.5) is 4.79 Å². The number of nitrogens with zero attached hydrogens (tertiary/aromatic N) is 1. The van der Waals surface area contributed by atoms with Crippen LogP contribution in [0.5, 0.6) is 0 Å². The molecule has 2 saturated carbocycles. The van der Waals surface area contributed by atoms with Crippen LogP contribution in [0.2, 0.25) is 0 Å². The average molecular weight is 778 g/mol. The number of amides is 5. The summed E-state index contributed by atoms with van der Waals surface area (Å²) < 4.78 is 53.9. The van der Waals surface area contributed by atoms with Crippen LogP contribution < -0.4 is 20.7 Å². The number of sulfonamides is 1. The van der Waals surface area contributed by atoms with Crippen molar-refractivity contribution in [2.75, 3.05) is 12.3 Å². The monoisotopic (exact) mass is 777 g/mol. The van der Waals surface area contributed by atoms with E-state index in [0.29, 0.717) is 19.3 Å². The van der Waals surface area contributed by atoms with Crippen molar-refractivity contribution in [3.63, 3.8) is 0 Å². The lowest BCUT2D eigenvalue weighted by Crippen LogP contribution is -2.63. The molecule has 4 N–H and O–H groups in total. The Kier molecular flexibility index (Phi) is 12.2. The maximum Gasteiger partial charge on any atom is 0.315 e. The number of carbonyl (C=O) groups is 4. The normalized spacial score (nSPS) is 25.2. The van der Waals surface area contributed by atoms with Crippen LogP contribution >= 0.6 is 0 Å².